The summed E-state index contributed by atoms with van der Waals surface area (Å²) in [6.45, 7) is 0.585. The normalized spacial score (nSPS) is 10.6. The molecule has 92 valence electrons. The number of benzene rings is 1. The molecule has 0 aliphatic rings. The Balaban J connectivity index is 0.000000487. The minimum Gasteiger partial charge on any atom is -0.329 e. The molecule has 0 saturated carbocycles. The van der Waals surface area contributed by atoms with Crippen LogP contribution in [0, 0.1) is 0 Å². The molecule has 0 aliphatic heterocycles. The first kappa shape index (κ1) is 15.6. The van der Waals surface area contributed by atoms with Crippen molar-refractivity contribution in [3.63, 3.8) is 0 Å². The second-order valence-electron chi connectivity index (χ2n) is 2.83. The average Bonchev–Trinajstić information content (AvgIpc) is 2.28. The van der Waals surface area contributed by atoms with Crippen LogP contribution in [0.2, 0.25) is 0 Å². The van der Waals surface area contributed by atoms with E-state index >= 15 is 0 Å². The van der Waals surface area contributed by atoms with Crippen LogP contribution in [0.5, 0.6) is 0 Å². The average molecular weight is 272 g/mol. The van der Waals surface area contributed by atoms with Gasteiger partial charge in [0.1, 0.15) is 0 Å². The van der Waals surface area contributed by atoms with Gasteiger partial charge < -0.3 is 5.73 Å². The Labute approximate surface area is 103 Å². The number of nitrogens with two attached hydrogens (primary N) is 1. The van der Waals surface area contributed by atoms with Gasteiger partial charge in [-0.05, 0) is 17.7 Å². The molecule has 0 fully saturated rings. The van der Waals surface area contributed by atoms with Gasteiger partial charge in [0.25, 0.3) is 0 Å². The van der Waals surface area contributed by atoms with Crippen molar-refractivity contribution in [2.75, 3.05) is 12.4 Å². The Morgan fingerprint density at radius 2 is 1.62 bits per heavy atom. The fourth-order valence-electron chi connectivity index (χ4n) is 0.799. The summed E-state index contributed by atoms with van der Waals surface area (Å²) >= 11 is 9.00. The standard InChI is InChI=1S/C8H7F3S.C2H6ClN/c9-8(10,11)7-3-1-6(5-12)2-4-7;3-1-2-4/h1-4,12H,5H2;1-2,4H2. The number of halogens is 4. The van der Waals surface area contributed by atoms with Gasteiger partial charge in [0.15, 0.2) is 0 Å². The van der Waals surface area contributed by atoms with Crippen molar-refractivity contribution in [1.29, 1.82) is 0 Å². The van der Waals surface area contributed by atoms with Crippen LogP contribution in [-0.2, 0) is 11.9 Å². The molecule has 0 aromatic heterocycles. The zero-order valence-electron chi connectivity index (χ0n) is 8.47. The van der Waals surface area contributed by atoms with E-state index in [9.17, 15) is 13.2 Å². The zero-order valence-corrected chi connectivity index (χ0v) is 10.1. The van der Waals surface area contributed by atoms with Gasteiger partial charge in [-0.1, -0.05) is 12.1 Å². The minimum absolute atomic E-state index is 0.456. The van der Waals surface area contributed by atoms with Crippen molar-refractivity contribution >= 4 is 24.2 Å². The van der Waals surface area contributed by atoms with E-state index in [0.717, 1.165) is 17.7 Å². The molecule has 0 saturated heterocycles. The van der Waals surface area contributed by atoms with Crippen LogP contribution >= 0.6 is 24.2 Å². The molecule has 0 unspecified atom stereocenters. The maximum Gasteiger partial charge on any atom is 0.416 e. The van der Waals surface area contributed by atoms with E-state index in [0.29, 0.717) is 18.2 Å². The fraction of sp³-hybridized carbons (Fsp3) is 0.400. The van der Waals surface area contributed by atoms with E-state index in [4.69, 9.17) is 17.3 Å². The van der Waals surface area contributed by atoms with E-state index in [-0.39, 0.29) is 0 Å². The molecule has 0 atom stereocenters. The summed E-state index contributed by atoms with van der Waals surface area (Å²) in [5, 5.41) is 0. The third kappa shape index (κ3) is 6.25. The lowest BCUT2D eigenvalue weighted by Gasteiger charge is -2.06. The molecular formula is C10H13ClF3NS. The SMILES string of the molecule is FC(F)(F)c1ccc(CS)cc1.NCCCl. The van der Waals surface area contributed by atoms with Crippen LogP contribution in [0.4, 0.5) is 13.2 Å². The van der Waals surface area contributed by atoms with E-state index < -0.39 is 11.7 Å². The van der Waals surface area contributed by atoms with Crippen molar-refractivity contribution in [3.8, 4) is 0 Å². The van der Waals surface area contributed by atoms with Crippen LogP contribution in [0.15, 0.2) is 24.3 Å². The summed E-state index contributed by atoms with van der Waals surface area (Å²) in [7, 11) is 0. The number of hydrogen-bond acceptors (Lipinski definition) is 2. The Morgan fingerprint density at radius 1 is 1.19 bits per heavy atom. The van der Waals surface area contributed by atoms with E-state index in [1.54, 1.807) is 0 Å². The monoisotopic (exact) mass is 271 g/mol. The molecule has 1 rings (SSSR count). The quantitative estimate of drug-likeness (QED) is 0.626. The molecule has 0 amide bonds. The zero-order chi connectivity index (χ0) is 12.6. The van der Waals surface area contributed by atoms with Crippen molar-refractivity contribution in [2.24, 2.45) is 5.73 Å². The summed E-state index contributed by atoms with van der Waals surface area (Å²) in [6, 6.07) is 4.97. The van der Waals surface area contributed by atoms with Crippen LogP contribution < -0.4 is 5.73 Å². The van der Waals surface area contributed by atoms with Gasteiger partial charge in [-0.2, -0.15) is 25.8 Å². The lowest BCUT2D eigenvalue weighted by molar-refractivity contribution is -0.137. The van der Waals surface area contributed by atoms with Crippen LogP contribution in [-0.4, -0.2) is 12.4 Å². The van der Waals surface area contributed by atoms with Gasteiger partial charge in [0.2, 0.25) is 0 Å². The molecule has 6 heteroatoms. The maximum atomic E-state index is 12.0. The third-order valence-electron chi connectivity index (χ3n) is 1.57. The molecule has 1 nitrogen and oxygen atoms in total. The van der Waals surface area contributed by atoms with Crippen molar-refractivity contribution in [2.45, 2.75) is 11.9 Å². The summed E-state index contributed by atoms with van der Waals surface area (Å²) in [5.41, 5.74) is 5.06. The first-order valence-corrected chi connectivity index (χ1v) is 5.65. The van der Waals surface area contributed by atoms with E-state index in [1.165, 1.54) is 12.1 Å². The molecule has 1 aromatic rings. The van der Waals surface area contributed by atoms with E-state index in [1.807, 2.05) is 0 Å². The molecule has 0 aliphatic carbocycles. The molecule has 0 heterocycles. The summed E-state index contributed by atoms with van der Waals surface area (Å²) < 4.78 is 36.0. The Morgan fingerprint density at radius 3 is 1.88 bits per heavy atom. The number of thiol groups is 1. The number of rotatable bonds is 2. The van der Waals surface area contributed by atoms with E-state index in [2.05, 4.69) is 12.6 Å². The highest BCUT2D eigenvalue weighted by Crippen LogP contribution is 2.29. The fourth-order valence-corrected chi connectivity index (χ4v) is 1.01. The molecule has 0 radical (unpaired) electrons. The highest BCUT2D eigenvalue weighted by atomic mass is 35.5. The lowest BCUT2D eigenvalue weighted by Crippen LogP contribution is -2.04. The smallest absolute Gasteiger partial charge is 0.329 e. The second-order valence-corrected chi connectivity index (χ2v) is 3.52. The first-order chi connectivity index (χ1) is 7.45. The third-order valence-corrected chi connectivity index (χ3v) is 2.16. The van der Waals surface area contributed by atoms with Gasteiger partial charge in [-0.3, -0.25) is 0 Å². The minimum atomic E-state index is -4.24. The second kappa shape index (κ2) is 7.81. The van der Waals surface area contributed by atoms with Gasteiger partial charge in [0, 0.05) is 18.2 Å². The largest absolute Gasteiger partial charge is 0.416 e. The van der Waals surface area contributed by atoms with Gasteiger partial charge in [-0.15, -0.1) is 11.6 Å². The molecular weight excluding hydrogens is 259 g/mol. The number of hydrogen-bond donors (Lipinski definition) is 2. The lowest BCUT2D eigenvalue weighted by atomic mass is 10.1. The Kier molecular flexibility index (Phi) is 7.62. The van der Waals surface area contributed by atoms with Crippen LogP contribution in [0.3, 0.4) is 0 Å². The highest BCUT2D eigenvalue weighted by molar-refractivity contribution is 7.79. The maximum absolute atomic E-state index is 12.0. The Hall–Kier alpha value is -0.390. The van der Waals surface area contributed by atoms with Crippen molar-refractivity contribution < 1.29 is 13.2 Å². The first-order valence-electron chi connectivity index (χ1n) is 4.48. The summed E-state index contributed by atoms with van der Waals surface area (Å²) in [4.78, 5) is 0. The Bertz CT molecular complexity index is 285. The highest BCUT2D eigenvalue weighted by Gasteiger charge is 2.29. The summed E-state index contributed by atoms with van der Waals surface area (Å²) in [6.07, 6.45) is -4.24. The predicted molar refractivity (Wildman–Crippen MR) is 63.9 cm³/mol. The van der Waals surface area contributed by atoms with Crippen molar-refractivity contribution in [1.82, 2.24) is 0 Å². The van der Waals surface area contributed by atoms with Crippen LogP contribution in [0.1, 0.15) is 11.1 Å². The molecule has 0 spiro atoms. The molecule has 0 bridgehead atoms. The van der Waals surface area contributed by atoms with Gasteiger partial charge >= 0.3 is 6.18 Å². The van der Waals surface area contributed by atoms with Crippen LogP contribution in [0.25, 0.3) is 0 Å². The molecule has 1 aromatic carbocycles. The topological polar surface area (TPSA) is 26.0 Å². The molecule has 2 N–H and O–H groups in total. The van der Waals surface area contributed by atoms with Gasteiger partial charge in [0.05, 0.1) is 5.56 Å². The van der Waals surface area contributed by atoms with Gasteiger partial charge in [-0.25, -0.2) is 0 Å². The number of alkyl halides is 4. The van der Waals surface area contributed by atoms with Crippen molar-refractivity contribution in [3.05, 3.63) is 35.4 Å². The molecule has 16 heavy (non-hydrogen) atoms. The summed E-state index contributed by atoms with van der Waals surface area (Å²) in [5.74, 6) is 1.03. The predicted octanol–water partition coefficient (Wildman–Crippen LogP) is 3.32.